The molecule has 0 spiro atoms. The van der Waals surface area contributed by atoms with Crippen molar-refractivity contribution >= 4 is 11.6 Å². The Morgan fingerprint density at radius 1 is 1.33 bits per heavy atom. The Balaban J connectivity index is 1.67. The topological polar surface area (TPSA) is 92.3 Å². The van der Waals surface area contributed by atoms with Gasteiger partial charge in [-0.1, -0.05) is 6.07 Å². The molecule has 3 aromatic heterocycles. The third-order valence-electron chi connectivity index (χ3n) is 4.68. The molecule has 0 unspecified atom stereocenters. The van der Waals surface area contributed by atoms with Gasteiger partial charge in [-0.2, -0.15) is 0 Å². The van der Waals surface area contributed by atoms with Crippen molar-refractivity contribution in [2.75, 3.05) is 12.3 Å². The van der Waals surface area contributed by atoms with E-state index in [1.54, 1.807) is 0 Å². The van der Waals surface area contributed by atoms with Crippen LogP contribution >= 0.6 is 0 Å². The number of aromatic amines is 1. The highest BCUT2D eigenvalue weighted by Gasteiger charge is 2.22. The number of hydrogen-bond acceptors (Lipinski definition) is 5. The highest BCUT2D eigenvalue weighted by Crippen LogP contribution is 2.20. The van der Waals surface area contributed by atoms with E-state index >= 15 is 0 Å². The zero-order valence-corrected chi connectivity index (χ0v) is 13.8. The second-order valence-corrected chi connectivity index (χ2v) is 6.37. The molecule has 4 heterocycles. The van der Waals surface area contributed by atoms with Crippen LogP contribution in [0.3, 0.4) is 0 Å². The van der Waals surface area contributed by atoms with Gasteiger partial charge >= 0.3 is 0 Å². The molecule has 7 nitrogen and oxygen atoms in total. The van der Waals surface area contributed by atoms with Crippen LogP contribution in [0.4, 0.5) is 5.95 Å². The molecule has 0 fully saturated rings. The van der Waals surface area contributed by atoms with Crippen LogP contribution in [-0.4, -0.2) is 30.8 Å². The summed E-state index contributed by atoms with van der Waals surface area (Å²) in [6.45, 7) is 6.28. The van der Waals surface area contributed by atoms with Crippen molar-refractivity contribution in [3.05, 3.63) is 56.9 Å². The van der Waals surface area contributed by atoms with Crippen molar-refractivity contribution in [1.29, 1.82) is 0 Å². The van der Waals surface area contributed by atoms with Crippen molar-refractivity contribution < 1.29 is 0 Å². The Morgan fingerprint density at radius 2 is 2.17 bits per heavy atom. The maximum atomic E-state index is 12.1. The number of H-pyrrole nitrogens is 1. The summed E-state index contributed by atoms with van der Waals surface area (Å²) in [6, 6.07) is 4.11. The monoisotopic (exact) mass is 324 g/mol. The minimum absolute atomic E-state index is 0.132. The van der Waals surface area contributed by atoms with E-state index in [4.69, 9.17) is 10.7 Å². The molecule has 0 saturated carbocycles. The predicted molar refractivity (Wildman–Crippen MR) is 91.8 cm³/mol. The summed E-state index contributed by atoms with van der Waals surface area (Å²) in [4.78, 5) is 25.9. The first kappa shape index (κ1) is 14.9. The zero-order valence-electron chi connectivity index (χ0n) is 13.8. The minimum atomic E-state index is -0.132. The lowest BCUT2D eigenvalue weighted by molar-refractivity contribution is 0.238. The number of nitrogen functional groups attached to an aromatic ring is 1. The van der Waals surface area contributed by atoms with Crippen molar-refractivity contribution in [2.24, 2.45) is 0 Å². The van der Waals surface area contributed by atoms with Gasteiger partial charge in [0.2, 0.25) is 5.95 Å². The summed E-state index contributed by atoms with van der Waals surface area (Å²) >= 11 is 0. The van der Waals surface area contributed by atoms with Gasteiger partial charge < -0.3 is 10.1 Å². The molecule has 4 rings (SSSR count). The first-order chi connectivity index (χ1) is 11.5. The summed E-state index contributed by atoms with van der Waals surface area (Å²) in [5.74, 6) is 0.195. The molecule has 3 N–H and O–H groups in total. The van der Waals surface area contributed by atoms with Gasteiger partial charge in [0.25, 0.3) is 5.56 Å². The van der Waals surface area contributed by atoms with Crippen LogP contribution in [-0.2, 0) is 19.5 Å². The number of nitrogens with one attached hydrogen (secondary N) is 1. The molecule has 1 aliphatic heterocycles. The molecule has 0 radical (unpaired) electrons. The molecular formula is C17H20N6O. The van der Waals surface area contributed by atoms with E-state index in [9.17, 15) is 4.79 Å². The number of imidazole rings is 1. The Kier molecular flexibility index (Phi) is 3.38. The third kappa shape index (κ3) is 2.37. The minimum Gasteiger partial charge on any atom is -0.369 e. The van der Waals surface area contributed by atoms with Crippen LogP contribution in [0.5, 0.6) is 0 Å². The Hall–Kier alpha value is -2.67. The highest BCUT2D eigenvalue weighted by atomic mass is 16.1. The third-order valence-corrected chi connectivity index (χ3v) is 4.68. The number of nitrogens with two attached hydrogens (primary N) is 1. The van der Waals surface area contributed by atoms with Crippen LogP contribution in [0.15, 0.2) is 23.1 Å². The molecule has 0 bridgehead atoms. The van der Waals surface area contributed by atoms with E-state index in [1.165, 1.54) is 0 Å². The molecule has 0 atom stereocenters. The van der Waals surface area contributed by atoms with Crippen LogP contribution in [0, 0.1) is 13.8 Å². The fourth-order valence-corrected chi connectivity index (χ4v) is 3.40. The largest absolute Gasteiger partial charge is 0.369 e. The van der Waals surface area contributed by atoms with Gasteiger partial charge in [-0.05, 0) is 25.5 Å². The van der Waals surface area contributed by atoms with E-state index in [1.807, 2.05) is 19.2 Å². The summed E-state index contributed by atoms with van der Waals surface area (Å²) in [5.41, 5.74) is 11.4. The normalized spacial score (nSPS) is 14.9. The lowest BCUT2D eigenvalue weighted by atomic mass is 10.1. The molecule has 1 aliphatic rings. The summed E-state index contributed by atoms with van der Waals surface area (Å²) in [5, 5.41) is 0. The predicted octanol–water partition coefficient (Wildman–Crippen LogP) is 1.17. The van der Waals surface area contributed by atoms with Gasteiger partial charge in [0.05, 0.1) is 22.6 Å². The number of nitrogens with zero attached hydrogens (tertiary/aromatic N) is 4. The Morgan fingerprint density at radius 3 is 3.00 bits per heavy atom. The van der Waals surface area contributed by atoms with Crippen molar-refractivity contribution in [2.45, 2.75) is 33.4 Å². The van der Waals surface area contributed by atoms with Crippen molar-refractivity contribution in [3.63, 3.8) is 0 Å². The van der Waals surface area contributed by atoms with E-state index in [-0.39, 0.29) is 11.5 Å². The smallest absolute Gasteiger partial charge is 0.257 e. The second-order valence-electron chi connectivity index (χ2n) is 6.37. The maximum Gasteiger partial charge on any atom is 0.257 e. The number of pyridine rings is 1. The lowest BCUT2D eigenvalue weighted by Gasteiger charge is -2.27. The quantitative estimate of drug-likeness (QED) is 0.738. The summed E-state index contributed by atoms with van der Waals surface area (Å²) < 4.78 is 2.14. The average molecular weight is 324 g/mol. The number of anilines is 1. The van der Waals surface area contributed by atoms with Crippen LogP contribution < -0.4 is 11.3 Å². The number of aryl methyl sites for hydroxylation is 2. The van der Waals surface area contributed by atoms with Gasteiger partial charge in [-0.25, -0.2) is 9.97 Å². The molecule has 7 heteroatoms. The van der Waals surface area contributed by atoms with Gasteiger partial charge in [0, 0.05) is 32.3 Å². The molecule has 0 aromatic carbocycles. The lowest BCUT2D eigenvalue weighted by Crippen LogP contribution is -2.36. The fraction of sp³-hybridized carbons (Fsp3) is 0.353. The number of rotatable bonds is 2. The van der Waals surface area contributed by atoms with Gasteiger partial charge in [0.15, 0.2) is 0 Å². The van der Waals surface area contributed by atoms with E-state index < -0.39 is 0 Å². The van der Waals surface area contributed by atoms with Gasteiger partial charge in [-0.15, -0.1) is 0 Å². The molecule has 3 aromatic rings. The van der Waals surface area contributed by atoms with E-state index in [0.29, 0.717) is 6.54 Å². The maximum absolute atomic E-state index is 12.1. The highest BCUT2D eigenvalue weighted by molar-refractivity contribution is 5.50. The van der Waals surface area contributed by atoms with Crippen LogP contribution in [0.25, 0.3) is 5.65 Å². The fourth-order valence-electron chi connectivity index (χ4n) is 3.40. The number of hydrogen-bond donors (Lipinski definition) is 2. The molecular weight excluding hydrogens is 304 g/mol. The van der Waals surface area contributed by atoms with Gasteiger partial charge in [-0.3, -0.25) is 14.7 Å². The van der Waals surface area contributed by atoms with Crippen LogP contribution in [0.2, 0.25) is 0 Å². The summed E-state index contributed by atoms with van der Waals surface area (Å²) in [6.07, 6.45) is 2.78. The van der Waals surface area contributed by atoms with E-state index in [0.717, 1.165) is 53.4 Å². The molecule has 0 saturated heterocycles. The standard InChI is InChI=1S/C17H20N6O/c1-10-4-3-6-23-14(11(2)19-15(10)23)9-22-7-5-13-12(8-22)16(24)21-17(18)20-13/h3-4,6H,5,7-9H2,1-2H3,(H3,18,20,21,24). The van der Waals surface area contributed by atoms with Crippen molar-refractivity contribution in [1.82, 2.24) is 24.3 Å². The average Bonchev–Trinajstić information content (AvgIpc) is 2.86. The number of aromatic nitrogens is 4. The molecule has 0 aliphatic carbocycles. The van der Waals surface area contributed by atoms with Crippen molar-refractivity contribution in [3.8, 4) is 0 Å². The first-order valence-electron chi connectivity index (χ1n) is 8.06. The van der Waals surface area contributed by atoms with E-state index in [2.05, 4.69) is 32.3 Å². The summed E-state index contributed by atoms with van der Waals surface area (Å²) in [7, 11) is 0. The van der Waals surface area contributed by atoms with Crippen LogP contribution in [0.1, 0.15) is 28.2 Å². The molecule has 124 valence electrons. The Bertz CT molecular complexity index is 987. The number of fused-ring (bicyclic) bond motifs is 2. The Labute approximate surface area is 139 Å². The zero-order chi connectivity index (χ0) is 16.8. The second kappa shape index (κ2) is 5.45. The van der Waals surface area contributed by atoms with Gasteiger partial charge in [0.1, 0.15) is 5.65 Å². The molecule has 0 amide bonds. The SMILES string of the molecule is Cc1nc2c(C)cccn2c1CN1CCc2nc(N)[nH]c(=O)c2C1. The molecule has 24 heavy (non-hydrogen) atoms. The first-order valence-corrected chi connectivity index (χ1v) is 8.06.